The Bertz CT molecular complexity index is 645. The Labute approximate surface area is 114 Å². The van der Waals surface area contributed by atoms with Crippen molar-refractivity contribution >= 4 is 28.6 Å². The van der Waals surface area contributed by atoms with Crippen molar-refractivity contribution in [2.45, 2.75) is 13.1 Å². The molecule has 0 atom stereocenters. The number of hydrogen-bond acceptors (Lipinski definition) is 3. The third kappa shape index (κ3) is 2.56. The maximum atomic E-state index is 5.94. The van der Waals surface area contributed by atoms with Gasteiger partial charge in [0.25, 0.3) is 0 Å². The van der Waals surface area contributed by atoms with Crippen molar-refractivity contribution in [3.05, 3.63) is 57.6 Å². The van der Waals surface area contributed by atoms with Gasteiger partial charge in [-0.05, 0) is 34.5 Å². The molecule has 0 saturated heterocycles. The predicted octanol–water partition coefficient (Wildman–Crippen LogP) is 3.34. The summed E-state index contributed by atoms with van der Waals surface area (Å²) in [5.74, 6) is 0. The molecule has 0 radical (unpaired) electrons. The number of nitrogens with zero attached hydrogens (tertiary/aromatic N) is 2. The maximum Gasteiger partial charge on any atom is 0.137 e. The standard InChI is InChI=1S/C13H12ClN3S/c14-11-1-2-13-16-12(8-17(13)7-11)6-15-5-10-3-4-18-9-10/h1-4,7-9,15H,5-6H2. The molecule has 3 nitrogen and oxygen atoms in total. The van der Waals surface area contributed by atoms with Crippen LogP contribution < -0.4 is 5.32 Å². The molecule has 0 amide bonds. The fourth-order valence-electron chi connectivity index (χ4n) is 1.83. The molecule has 0 fully saturated rings. The van der Waals surface area contributed by atoms with Crippen LogP contribution in [0, 0.1) is 0 Å². The zero-order valence-electron chi connectivity index (χ0n) is 9.64. The summed E-state index contributed by atoms with van der Waals surface area (Å²) >= 11 is 7.65. The quantitative estimate of drug-likeness (QED) is 0.792. The average molecular weight is 278 g/mol. The summed E-state index contributed by atoms with van der Waals surface area (Å²) < 4.78 is 1.95. The van der Waals surface area contributed by atoms with E-state index in [9.17, 15) is 0 Å². The Morgan fingerprint density at radius 2 is 2.17 bits per heavy atom. The molecule has 3 aromatic rings. The molecular formula is C13H12ClN3S. The number of thiophene rings is 1. The summed E-state index contributed by atoms with van der Waals surface area (Å²) in [6.07, 6.45) is 3.87. The molecule has 0 aliphatic heterocycles. The highest BCUT2D eigenvalue weighted by atomic mass is 35.5. The lowest BCUT2D eigenvalue weighted by atomic mass is 10.3. The number of imidazole rings is 1. The molecule has 92 valence electrons. The maximum absolute atomic E-state index is 5.94. The van der Waals surface area contributed by atoms with Crippen LogP contribution in [-0.2, 0) is 13.1 Å². The van der Waals surface area contributed by atoms with E-state index in [-0.39, 0.29) is 0 Å². The minimum absolute atomic E-state index is 0.720. The molecule has 3 rings (SSSR count). The van der Waals surface area contributed by atoms with E-state index in [4.69, 9.17) is 11.6 Å². The van der Waals surface area contributed by atoms with Crippen molar-refractivity contribution in [1.29, 1.82) is 0 Å². The Hall–Kier alpha value is -1.36. The zero-order chi connectivity index (χ0) is 12.4. The van der Waals surface area contributed by atoms with Crippen LogP contribution in [0.4, 0.5) is 0 Å². The van der Waals surface area contributed by atoms with Crippen molar-refractivity contribution in [1.82, 2.24) is 14.7 Å². The van der Waals surface area contributed by atoms with E-state index in [1.807, 2.05) is 28.9 Å². The Morgan fingerprint density at radius 1 is 1.22 bits per heavy atom. The first-order valence-corrected chi connectivity index (χ1v) is 6.98. The van der Waals surface area contributed by atoms with E-state index in [0.29, 0.717) is 0 Å². The summed E-state index contributed by atoms with van der Waals surface area (Å²) in [6.45, 7) is 1.63. The van der Waals surface area contributed by atoms with Gasteiger partial charge in [-0.25, -0.2) is 4.98 Å². The largest absolute Gasteiger partial charge is 0.307 e. The van der Waals surface area contributed by atoms with Crippen LogP contribution in [0.5, 0.6) is 0 Å². The number of rotatable bonds is 4. The van der Waals surface area contributed by atoms with Crippen molar-refractivity contribution in [3.8, 4) is 0 Å². The van der Waals surface area contributed by atoms with Crippen LogP contribution in [0.2, 0.25) is 5.02 Å². The SMILES string of the molecule is Clc1ccc2nc(CNCc3ccsc3)cn2c1. The van der Waals surface area contributed by atoms with E-state index >= 15 is 0 Å². The number of fused-ring (bicyclic) bond motifs is 1. The molecule has 0 aliphatic carbocycles. The fourth-order valence-corrected chi connectivity index (χ4v) is 2.67. The van der Waals surface area contributed by atoms with Crippen LogP contribution in [0.25, 0.3) is 5.65 Å². The topological polar surface area (TPSA) is 29.3 Å². The van der Waals surface area contributed by atoms with Gasteiger partial charge in [-0.2, -0.15) is 11.3 Å². The van der Waals surface area contributed by atoms with Gasteiger partial charge in [0.2, 0.25) is 0 Å². The number of hydrogen-bond donors (Lipinski definition) is 1. The monoisotopic (exact) mass is 277 g/mol. The minimum Gasteiger partial charge on any atom is -0.307 e. The first-order valence-electron chi connectivity index (χ1n) is 5.66. The van der Waals surface area contributed by atoms with Gasteiger partial charge in [0.15, 0.2) is 0 Å². The van der Waals surface area contributed by atoms with E-state index in [1.54, 1.807) is 11.3 Å². The van der Waals surface area contributed by atoms with Gasteiger partial charge >= 0.3 is 0 Å². The van der Waals surface area contributed by atoms with E-state index < -0.39 is 0 Å². The van der Waals surface area contributed by atoms with Crippen LogP contribution in [-0.4, -0.2) is 9.38 Å². The van der Waals surface area contributed by atoms with Gasteiger partial charge in [-0.3, -0.25) is 0 Å². The first-order chi connectivity index (χ1) is 8.81. The van der Waals surface area contributed by atoms with Crippen LogP contribution >= 0.6 is 22.9 Å². The van der Waals surface area contributed by atoms with Gasteiger partial charge in [0, 0.05) is 25.5 Å². The summed E-state index contributed by atoms with van der Waals surface area (Å²) in [5, 5.41) is 8.33. The lowest BCUT2D eigenvalue weighted by molar-refractivity contribution is 0.684. The first kappa shape index (κ1) is 11.7. The number of nitrogens with one attached hydrogen (secondary N) is 1. The summed E-state index contributed by atoms with van der Waals surface area (Å²) in [5.41, 5.74) is 3.26. The van der Waals surface area contributed by atoms with Crippen LogP contribution in [0.1, 0.15) is 11.3 Å². The van der Waals surface area contributed by atoms with Crippen LogP contribution in [0.15, 0.2) is 41.4 Å². The third-order valence-electron chi connectivity index (χ3n) is 2.68. The lowest BCUT2D eigenvalue weighted by Crippen LogP contribution is -2.12. The molecule has 1 N–H and O–H groups in total. The van der Waals surface area contributed by atoms with E-state index in [0.717, 1.165) is 29.5 Å². The summed E-state index contributed by atoms with van der Waals surface area (Å²) in [4.78, 5) is 4.52. The normalized spacial score (nSPS) is 11.2. The fraction of sp³-hybridized carbons (Fsp3) is 0.154. The van der Waals surface area contributed by atoms with Crippen molar-refractivity contribution < 1.29 is 0 Å². The third-order valence-corrected chi connectivity index (χ3v) is 3.64. The van der Waals surface area contributed by atoms with Crippen LogP contribution in [0.3, 0.4) is 0 Å². The second kappa shape index (κ2) is 5.10. The highest BCUT2D eigenvalue weighted by Gasteiger charge is 2.01. The molecule has 0 unspecified atom stereocenters. The average Bonchev–Trinajstić information content (AvgIpc) is 2.97. The minimum atomic E-state index is 0.720. The molecule has 5 heteroatoms. The Morgan fingerprint density at radius 3 is 3.00 bits per heavy atom. The van der Waals surface area contributed by atoms with Gasteiger partial charge in [-0.15, -0.1) is 0 Å². The van der Waals surface area contributed by atoms with Gasteiger partial charge in [-0.1, -0.05) is 11.6 Å². The lowest BCUT2D eigenvalue weighted by Gasteiger charge is -1.99. The molecule has 0 aliphatic rings. The van der Waals surface area contributed by atoms with E-state index in [2.05, 4.69) is 27.1 Å². The molecular weight excluding hydrogens is 266 g/mol. The van der Waals surface area contributed by atoms with Crippen molar-refractivity contribution in [3.63, 3.8) is 0 Å². The highest BCUT2D eigenvalue weighted by molar-refractivity contribution is 7.07. The predicted molar refractivity (Wildman–Crippen MR) is 75.1 cm³/mol. The number of halogens is 1. The smallest absolute Gasteiger partial charge is 0.137 e. The van der Waals surface area contributed by atoms with Gasteiger partial charge in [0.1, 0.15) is 5.65 Å². The van der Waals surface area contributed by atoms with E-state index in [1.165, 1.54) is 5.56 Å². The van der Waals surface area contributed by atoms with Crippen molar-refractivity contribution in [2.24, 2.45) is 0 Å². The summed E-state index contributed by atoms with van der Waals surface area (Å²) in [7, 11) is 0. The second-order valence-corrected chi connectivity index (χ2v) is 5.30. The molecule has 0 spiro atoms. The molecule has 3 aromatic heterocycles. The molecule has 0 bridgehead atoms. The Kier molecular flexibility index (Phi) is 3.32. The number of aromatic nitrogens is 2. The van der Waals surface area contributed by atoms with Gasteiger partial charge < -0.3 is 9.72 Å². The second-order valence-electron chi connectivity index (χ2n) is 4.08. The molecule has 0 aromatic carbocycles. The summed E-state index contributed by atoms with van der Waals surface area (Å²) in [6, 6.07) is 5.90. The van der Waals surface area contributed by atoms with Gasteiger partial charge in [0.05, 0.1) is 10.7 Å². The molecule has 3 heterocycles. The Balaban J connectivity index is 1.67. The highest BCUT2D eigenvalue weighted by Crippen LogP contribution is 2.12. The molecule has 18 heavy (non-hydrogen) atoms. The molecule has 0 saturated carbocycles. The van der Waals surface area contributed by atoms with Crippen molar-refractivity contribution in [2.75, 3.05) is 0 Å². The zero-order valence-corrected chi connectivity index (χ0v) is 11.2. The number of pyridine rings is 1.